The van der Waals surface area contributed by atoms with Gasteiger partial charge in [0.05, 0.1) is 0 Å². The molecular weight excluding hydrogens is 146 g/mol. The van der Waals surface area contributed by atoms with Crippen LogP contribution in [0.2, 0.25) is 0 Å². The van der Waals surface area contributed by atoms with Gasteiger partial charge in [-0.15, -0.1) is 13.2 Å². The van der Waals surface area contributed by atoms with Crippen LogP contribution >= 0.6 is 0 Å². The zero-order chi connectivity index (χ0) is 9.23. The molecule has 1 nitrogen and oxygen atoms in total. The Bertz CT molecular complexity index is 118. The van der Waals surface area contributed by atoms with Crippen LogP contribution in [-0.2, 0) is 0 Å². The Morgan fingerprint density at radius 2 is 2.00 bits per heavy atom. The van der Waals surface area contributed by atoms with E-state index in [0.717, 1.165) is 31.8 Å². The van der Waals surface area contributed by atoms with E-state index in [4.69, 9.17) is 0 Å². The Morgan fingerprint density at radius 1 is 1.25 bits per heavy atom. The van der Waals surface area contributed by atoms with Gasteiger partial charge in [0.25, 0.3) is 0 Å². The van der Waals surface area contributed by atoms with E-state index in [1.54, 1.807) is 0 Å². The van der Waals surface area contributed by atoms with Gasteiger partial charge in [0, 0.05) is 0 Å². The number of hydrogen-bond donors (Lipinski definition) is 1. The fourth-order valence-corrected chi connectivity index (χ4v) is 1.08. The van der Waals surface area contributed by atoms with Crippen LogP contribution in [0.15, 0.2) is 25.3 Å². The summed E-state index contributed by atoms with van der Waals surface area (Å²) >= 11 is 0. The van der Waals surface area contributed by atoms with Gasteiger partial charge < -0.3 is 5.32 Å². The second-order valence-corrected chi connectivity index (χ2v) is 3.25. The fraction of sp³-hybridized carbons (Fsp3) is 0.636. The van der Waals surface area contributed by atoms with Gasteiger partial charge >= 0.3 is 0 Å². The van der Waals surface area contributed by atoms with Crippen LogP contribution in [0, 0.1) is 5.92 Å². The number of nitrogens with one attached hydrogen (secondary N) is 1. The number of rotatable bonds is 8. The van der Waals surface area contributed by atoms with E-state index in [0.29, 0.717) is 0 Å². The van der Waals surface area contributed by atoms with Crippen LogP contribution < -0.4 is 5.32 Å². The van der Waals surface area contributed by atoms with Gasteiger partial charge in [0.15, 0.2) is 0 Å². The Morgan fingerprint density at radius 3 is 2.58 bits per heavy atom. The first-order valence-electron chi connectivity index (χ1n) is 4.73. The van der Waals surface area contributed by atoms with E-state index in [2.05, 4.69) is 25.4 Å². The summed E-state index contributed by atoms with van der Waals surface area (Å²) in [6.07, 6.45) is 7.37. The molecule has 0 bridgehead atoms. The summed E-state index contributed by atoms with van der Waals surface area (Å²) in [6, 6.07) is 0. The lowest BCUT2D eigenvalue weighted by atomic mass is 10.0. The van der Waals surface area contributed by atoms with Gasteiger partial charge in [-0.3, -0.25) is 0 Å². The normalized spacial score (nSPS) is 12.4. The Hall–Kier alpha value is -0.560. The van der Waals surface area contributed by atoms with Crippen molar-refractivity contribution in [3.63, 3.8) is 0 Å². The molecule has 1 unspecified atom stereocenters. The molecule has 0 aliphatic carbocycles. The molecule has 0 saturated carbocycles. The van der Waals surface area contributed by atoms with Gasteiger partial charge in [0.1, 0.15) is 0 Å². The zero-order valence-electron chi connectivity index (χ0n) is 8.18. The van der Waals surface area contributed by atoms with Crippen LogP contribution in [0.4, 0.5) is 0 Å². The number of allylic oxidation sites excluding steroid dienone is 1. The Labute approximate surface area is 76.6 Å². The molecule has 0 aromatic rings. The highest BCUT2D eigenvalue weighted by Gasteiger charge is 1.97. The third-order valence-electron chi connectivity index (χ3n) is 1.91. The van der Waals surface area contributed by atoms with E-state index in [1.807, 2.05) is 12.2 Å². The van der Waals surface area contributed by atoms with Gasteiger partial charge in [0.2, 0.25) is 0 Å². The lowest BCUT2D eigenvalue weighted by Crippen LogP contribution is -2.18. The minimum atomic E-state index is 0.763. The molecule has 0 heterocycles. The maximum atomic E-state index is 3.72. The first-order chi connectivity index (χ1) is 5.81. The molecule has 0 aromatic carbocycles. The predicted molar refractivity (Wildman–Crippen MR) is 56.3 cm³/mol. The zero-order valence-corrected chi connectivity index (χ0v) is 8.18. The molecule has 1 heteroatoms. The van der Waals surface area contributed by atoms with Crippen molar-refractivity contribution in [3.05, 3.63) is 25.3 Å². The molecular formula is C11H21N. The van der Waals surface area contributed by atoms with Crippen LogP contribution in [0.25, 0.3) is 0 Å². The minimum absolute atomic E-state index is 0.763. The summed E-state index contributed by atoms with van der Waals surface area (Å²) in [5, 5.41) is 3.37. The van der Waals surface area contributed by atoms with E-state index in [9.17, 15) is 0 Å². The fourth-order valence-electron chi connectivity index (χ4n) is 1.08. The minimum Gasteiger partial charge on any atom is -0.316 e. The molecule has 70 valence electrons. The van der Waals surface area contributed by atoms with Crippen LogP contribution in [-0.4, -0.2) is 13.1 Å². The highest BCUT2D eigenvalue weighted by Crippen LogP contribution is 2.05. The lowest BCUT2D eigenvalue weighted by molar-refractivity contribution is 0.508. The largest absolute Gasteiger partial charge is 0.316 e. The molecule has 1 N–H and O–H groups in total. The molecule has 0 fully saturated rings. The molecule has 0 aromatic heterocycles. The molecule has 0 rings (SSSR count). The van der Waals surface area contributed by atoms with Gasteiger partial charge in [-0.2, -0.15) is 0 Å². The van der Waals surface area contributed by atoms with Crippen molar-refractivity contribution >= 4 is 0 Å². The average Bonchev–Trinajstić information content (AvgIpc) is 2.05. The van der Waals surface area contributed by atoms with Crippen LogP contribution in [0.5, 0.6) is 0 Å². The topological polar surface area (TPSA) is 12.0 Å². The standard InChI is InChI=1S/C11H21N/c1-4-6-9-12-10-8-11(3)7-5-2/h4-5,11-12H,1-2,6-10H2,3H3. The quantitative estimate of drug-likeness (QED) is 0.433. The second kappa shape index (κ2) is 8.54. The molecule has 0 amide bonds. The van der Waals surface area contributed by atoms with Crippen LogP contribution in [0.3, 0.4) is 0 Å². The van der Waals surface area contributed by atoms with Crippen molar-refractivity contribution in [3.8, 4) is 0 Å². The monoisotopic (exact) mass is 167 g/mol. The van der Waals surface area contributed by atoms with E-state index in [-0.39, 0.29) is 0 Å². The molecule has 1 atom stereocenters. The van der Waals surface area contributed by atoms with Crippen molar-refractivity contribution in [2.75, 3.05) is 13.1 Å². The van der Waals surface area contributed by atoms with Crippen molar-refractivity contribution in [1.29, 1.82) is 0 Å². The van der Waals surface area contributed by atoms with Crippen molar-refractivity contribution in [1.82, 2.24) is 5.32 Å². The highest BCUT2D eigenvalue weighted by molar-refractivity contribution is 4.71. The Kier molecular flexibility index (Phi) is 8.14. The van der Waals surface area contributed by atoms with E-state index >= 15 is 0 Å². The summed E-state index contributed by atoms with van der Waals surface area (Å²) in [5.41, 5.74) is 0. The number of hydrogen-bond acceptors (Lipinski definition) is 1. The first kappa shape index (κ1) is 11.4. The summed E-state index contributed by atoms with van der Waals surface area (Å²) in [4.78, 5) is 0. The molecule has 12 heavy (non-hydrogen) atoms. The third-order valence-corrected chi connectivity index (χ3v) is 1.91. The van der Waals surface area contributed by atoms with Crippen molar-refractivity contribution in [2.45, 2.75) is 26.2 Å². The molecule has 0 saturated heterocycles. The second-order valence-electron chi connectivity index (χ2n) is 3.25. The maximum Gasteiger partial charge on any atom is -0.00144 e. The summed E-state index contributed by atoms with van der Waals surface area (Å²) in [6.45, 7) is 11.8. The third kappa shape index (κ3) is 7.55. The van der Waals surface area contributed by atoms with Gasteiger partial charge in [-0.05, 0) is 38.3 Å². The van der Waals surface area contributed by atoms with E-state index in [1.165, 1.54) is 6.42 Å². The summed E-state index contributed by atoms with van der Waals surface area (Å²) in [7, 11) is 0. The predicted octanol–water partition coefficient (Wildman–Crippen LogP) is 2.75. The highest BCUT2D eigenvalue weighted by atomic mass is 14.8. The molecule has 0 aliphatic heterocycles. The lowest BCUT2D eigenvalue weighted by Gasteiger charge is -2.08. The SMILES string of the molecule is C=CCCNCCC(C)CC=C. The summed E-state index contributed by atoms with van der Waals surface area (Å²) in [5.74, 6) is 0.763. The van der Waals surface area contributed by atoms with Gasteiger partial charge in [-0.25, -0.2) is 0 Å². The molecule has 0 spiro atoms. The van der Waals surface area contributed by atoms with E-state index < -0.39 is 0 Å². The molecule has 0 aliphatic rings. The van der Waals surface area contributed by atoms with Gasteiger partial charge in [-0.1, -0.05) is 19.1 Å². The molecule has 0 radical (unpaired) electrons. The van der Waals surface area contributed by atoms with Crippen molar-refractivity contribution in [2.24, 2.45) is 5.92 Å². The van der Waals surface area contributed by atoms with Crippen molar-refractivity contribution < 1.29 is 0 Å². The smallest absolute Gasteiger partial charge is 0.00144 e. The Balaban J connectivity index is 3.07. The average molecular weight is 167 g/mol. The first-order valence-corrected chi connectivity index (χ1v) is 4.73. The summed E-state index contributed by atoms with van der Waals surface area (Å²) < 4.78 is 0. The van der Waals surface area contributed by atoms with Crippen LogP contribution in [0.1, 0.15) is 26.2 Å². The maximum absolute atomic E-state index is 3.72.